The van der Waals surface area contributed by atoms with Crippen molar-refractivity contribution in [2.45, 2.75) is 17.9 Å². The summed E-state index contributed by atoms with van der Waals surface area (Å²) >= 11 is 3.53. The fourth-order valence-corrected chi connectivity index (χ4v) is 3.43. The second-order valence-electron chi connectivity index (χ2n) is 6.49. The summed E-state index contributed by atoms with van der Waals surface area (Å²) in [6.07, 6.45) is 0.840. The molecule has 0 radical (unpaired) electrons. The van der Waals surface area contributed by atoms with Crippen molar-refractivity contribution in [3.8, 4) is 5.75 Å². The molecule has 0 saturated carbocycles. The van der Waals surface area contributed by atoms with Crippen LogP contribution in [0.5, 0.6) is 5.75 Å². The lowest BCUT2D eigenvalue weighted by atomic mass is 10.0. The summed E-state index contributed by atoms with van der Waals surface area (Å²) in [5.74, 6) is 0.767. The Balaban J connectivity index is 1.51. The van der Waals surface area contributed by atoms with Gasteiger partial charge in [0.25, 0.3) is 0 Å². The maximum absolute atomic E-state index is 12.7. The first kappa shape index (κ1) is 20.3. The van der Waals surface area contributed by atoms with Gasteiger partial charge in [-0.25, -0.2) is 0 Å². The van der Waals surface area contributed by atoms with E-state index < -0.39 is 0 Å². The fourth-order valence-electron chi connectivity index (χ4n) is 2.86. The van der Waals surface area contributed by atoms with Gasteiger partial charge in [-0.2, -0.15) is 0 Å². The van der Waals surface area contributed by atoms with Gasteiger partial charge in [0.2, 0.25) is 0 Å². The average Bonchev–Trinajstić information content (AvgIpc) is 2.77. The van der Waals surface area contributed by atoms with Gasteiger partial charge in [-0.1, -0.05) is 70.5 Å². The topological polar surface area (TPSA) is 35.5 Å². The van der Waals surface area contributed by atoms with E-state index in [1.165, 1.54) is 11.1 Å². The van der Waals surface area contributed by atoms with Crippen LogP contribution < -0.4 is 4.74 Å². The molecule has 0 aliphatic carbocycles. The van der Waals surface area contributed by atoms with E-state index in [4.69, 9.17) is 9.47 Å². The molecule has 0 fully saturated rings. The van der Waals surface area contributed by atoms with Crippen molar-refractivity contribution in [2.24, 2.45) is 0 Å². The number of carbonyl (C=O) groups excluding carboxylic acids is 1. The first-order valence-electron chi connectivity index (χ1n) is 9.20. The summed E-state index contributed by atoms with van der Waals surface area (Å²) in [5.41, 5.74) is 3.96. The van der Waals surface area contributed by atoms with E-state index in [-0.39, 0.29) is 10.6 Å². The van der Waals surface area contributed by atoms with E-state index in [0.29, 0.717) is 18.8 Å². The number of rotatable bonds is 9. The van der Waals surface area contributed by atoms with Crippen LogP contribution in [-0.4, -0.2) is 19.5 Å². The van der Waals surface area contributed by atoms with Crippen molar-refractivity contribution in [3.63, 3.8) is 0 Å². The van der Waals surface area contributed by atoms with Crippen molar-refractivity contribution >= 4 is 21.7 Å². The minimum Gasteiger partial charge on any atom is -0.497 e. The zero-order valence-corrected chi connectivity index (χ0v) is 17.4. The molecule has 0 aromatic heterocycles. The first-order chi connectivity index (χ1) is 13.7. The number of benzene rings is 3. The van der Waals surface area contributed by atoms with E-state index in [2.05, 4.69) is 40.2 Å². The SMILES string of the molecule is COc1ccc(C(=O)C(Br)c2ccc(CCOCc3ccccc3)cc2)cc1. The fraction of sp³-hybridized carbons (Fsp3) is 0.208. The molecule has 0 heterocycles. The van der Waals surface area contributed by atoms with E-state index in [0.717, 1.165) is 17.7 Å². The first-order valence-corrected chi connectivity index (χ1v) is 10.1. The second kappa shape index (κ2) is 10.2. The number of methoxy groups -OCH3 is 1. The average molecular weight is 439 g/mol. The van der Waals surface area contributed by atoms with Gasteiger partial charge < -0.3 is 9.47 Å². The molecule has 0 N–H and O–H groups in total. The lowest BCUT2D eigenvalue weighted by Gasteiger charge is -2.11. The van der Waals surface area contributed by atoms with Crippen LogP contribution in [0.1, 0.15) is 31.9 Å². The predicted molar refractivity (Wildman–Crippen MR) is 115 cm³/mol. The molecule has 28 heavy (non-hydrogen) atoms. The van der Waals surface area contributed by atoms with E-state index in [9.17, 15) is 4.79 Å². The summed E-state index contributed by atoms with van der Waals surface area (Å²) < 4.78 is 10.9. The summed E-state index contributed by atoms with van der Waals surface area (Å²) in [7, 11) is 1.61. The number of hydrogen-bond acceptors (Lipinski definition) is 3. The van der Waals surface area contributed by atoms with Gasteiger partial charge in [0.15, 0.2) is 5.78 Å². The Morgan fingerprint density at radius 3 is 2.21 bits per heavy atom. The van der Waals surface area contributed by atoms with Crippen LogP contribution in [0.3, 0.4) is 0 Å². The molecule has 1 atom stereocenters. The molecule has 3 rings (SSSR count). The smallest absolute Gasteiger partial charge is 0.180 e. The Hall–Kier alpha value is -2.43. The standard InChI is InChI=1S/C24H23BrO3/c1-27-22-13-11-21(12-14-22)24(26)23(25)20-9-7-18(8-10-20)15-16-28-17-19-5-3-2-4-6-19/h2-14,23H,15-17H2,1H3. The summed E-state index contributed by atoms with van der Waals surface area (Å²) in [6.45, 7) is 1.29. The molecule has 3 nitrogen and oxygen atoms in total. The molecule has 144 valence electrons. The second-order valence-corrected chi connectivity index (χ2v) is 7.40. The summed E-state index contributed by atoms with van der Waals surface area (Å²) in [6, 6.07) is 25.4. The number of alkyl halides is 1. The number of ketones is 1. The van der Waals surface area contributed by atoms with Gasteiger partial charge >= 0.3 is 0 Å². The molecule has 0 spiro atoms. The lowest BCUT2D eigenvalue weighted by Crippen LogP contribution is -2.07. The van der Waals surface area contributed by atoms with Crippen molar-refractivity contribution in [2.75, 3.05) is 13.7 Å². The zero-order chi connectivity index (χ0) is 19.8. The minimum absolute atomic E-state index is 0.0293. The Morgan fingerprint density at radius 2 is 1.57 bits per heavy atom. The van der Waals surface area contributed by atoms with Gasteiger partial charge in [-0.05, 0) is 47.4 Å². The maximum atomic E-state index is 12.7. The normalized spacial score (nSPS) is 11.8. The molecular formula is C24H23BrO3. The van der Waals surface area contributed by atoms with Crippen LogP contribution in [0.25, 0.3) is 0 Å². The Morgan fingerprint density at radius 1 is 0.893 bits per heavy atom. The third-order valence-corrected chi connectivity index (χ3v) is 5.47. The molecule has 1 unspecified atom stereocenters. The number of halogens is 1. The van der Waals surface area contributed by atoms with Crippen LogP contribution in [0.15, 0.2) is 78.9 Å². The van der Waals surface area contributed by atoms with Crippen LogP contribution >= 0.6 is 15.9 Å². The largest absolute Gasteiger partial charge is 0.497 e. The van der Waals surface area contributed by atoms with Crippen molar-refractivity contribution in [1.82, 2.24) is 0 Å². The quantitative estimate of drug-likeness (QED) is 0.241. The summed E-state index contributed by atoms with van der Waals surface area (Å²) in [4.78, 5) is 12.3. The van der Waals surface area contributed by atoms with Crippen LogP contribution in [0.2, 0.25) is 0 Å². The molecule has 0 amide bonds. The molecule has 0 aliphatic heterocycles. The number of carbonyl (C=O) groups is 1. The molecule has 0 bridgehead atoms. The highest BCUT2D eigenvalue weighted by atomic mass is 79.9. The molecular weight excluding hydrogens is 416 g/mol. The van der Waals surface area contributed by atoms with Crippen LogP contribution in [0, 0.1) is 0 Å². The number of ether oxygens (including phenoxy) is 2. The molecule has 0 saturated heterocycles. The van der Waals surface area contributed by atoms with Crippen molar-refractivity contribution < 1.29 is 14.3 Å². The number of hydrogen-bond donors (Lipinski definition) is 0. The maximum Gasteiger partial charge on any atom is 0.180 e. The molecule has 3 aromatic carbocycles. The summed E-state index contributed by atoms with van der Waals surface area (Å²) in [5, 5.41) is 0. The lowest BCUT2D eigenvalue weighted by molar-refractivity contribution is 0.0991. The number of Topliss-reactive ketones (excluding diaryl/α,β-unsaturated/α-hetero) is 1. The highest BCUT2D eigenvalue weighted by Crippen LogP contribution is 2.28. The van der Waals surface area contributed by atoms with E-state index >= 15 is 0 Å². The predicted octanol–water partition coefficient (Wildman–Crippen LogP) is 5.77. The molecule has 4 heteroatoms. The highest BCUT2D eigenvalue weighted by molar-refractivity contribution is 9.09. The molecule has 0 aliphatic rings. The molecule has 3 aromatic rings. The third kappa shape index (κ3) is 5.54. The van der Waals surface area contributed by atoms with Gasteiger partial charge in [-0.15, -0.1) is 0 Å². The van der Waals surface area contributed by atoms with Crippen molar-refractivity contribution in [3.05, 3.63) is 101 Å². The van der Waals surface area contributed by atoms with Crippen LogP contribution in [0.4, 0.5) is 0 Å². The monoisotopic (exact) mass is 438 g/mol. The third-order valence-electron chi connectivity index (χ3n) is 4.52. The minimum atomic E-state index is -0.371. The van der Waals surface area contributed by atoms with Gasteiger partial charge in [0, 0.05) is 5.56 Å². The van der Waals surface area contributed by atoms with Gasteiger partial charge in [0.05, 0.1) is 20.3 Å². The van der Waals surface area contributed by atoms with Crippen LogP contribution in [-0.2, 0) is 17.8 Å². The zero-order valence-electron chi connectivity index (χ0n) is 15.8. The van der Waals surface area contributed by atoms with E-state index in [1.54, 1.807) is 31.4 Å². The Labute approximate surface area is 174 Å². The van der Waals surface area contributed by atoms with Crippen molar-refractivity contribution in [1.29, 1.82) is 0 Å². The Bertz CT molecular complexity index is 874. The van der Waals surface area contributed by atoms with Gasteiger partial charge in [-0.3, -0.25) is 4.79 Å². The highest BCUT2D eigenvalue weighted by Gasteiger charge is 2.19. The van der Waals surface area contributed by atoms with E-state index in [1.807, 2.05) is 30.3 Å². The van der Waals surface area contributed by atoms with Gasteiger partial charge in [0.1, 0.15) is 10.6 Å². The Kier molecular flexibility index (Phi) is 7.40.